The van der Waals surface area contributed by atoms with E-state index in [2.05, 4.69) is 9.24 Å². The molecule has 0 aliphatic rings. The third kappa shape index (κ3) is 2.39. The molecule has 0 aliphatic carbocycles. The molecule has 0 saturated heterocycles. The van der Waals surface area contributed by atoms with Gasteiger partial charge in [-0.2, -0.15) is 0 Å². The summed E-state index contributed by atoms with van der Waals surface area (Å²) < 4.78 is 10.6. The Kier molecular flexibility index (Phi) is 3.68. The molecule has 0 spiro atoms. The van der Waals surface area contributed by atoms with Gasteiger partial charge in [0.1, 0.15) is 17.8 Å². The summed E-state index contributed by atoms with van der Waals surface area (Å²) in [5, 5.41) is 10.7. The van der Waals surface area contributed by atoms with E-state index in [0.29, 0.717) is 17.8 Å². The number of methoxy groups -OCH3 is 1. The lowest BCUT2D eigenvalue weighted by molar-refractivity contribution is 0.0696. The molecule has 1 N–H and O–H groups in total. The maximum absolute atomic E-state index is 11.1. The van der Waals surface area contributed by atoms with Crippen molar-refractivity contribution in [1.82, 2.24) is 0 Å². The normalized spacial score (nSPS) is 10.3. The standard InChI is InChI=1S/C13H13O4P/c1-16-10-2-3-11-8(5-10)4-9(13(14)15)6-12(11)17-7-18/h2-6H,7,18H2,1H3,(H,14,15). The van der Waals surface area contributed by atoms with E-state index in [0.717, 1.165) is 10.8 Å². The van der Waals surface area contributed by atoms with Crippen molar-refractivity contribution >= 4 is 26.0 Å². The fraction of sp³-hybridized carbons (Fsp3) is 0.154. The highest BCUT2D eigenvalue weighted by Crippen LogP contribution is 2.30. The average molecular weight is 264 g/mol. The number of hydrogen-bond acceptors (Lipinski definition) is 3. The molecule has 0 radical (unpaired) electrons. The van der Waals surface area contributed by atoms with Gasteiger partial charge in [-0.15, -0.1) is 0 Å². The number of carboxylic acids is 1. The van der Waals surface area contributed by atoms with Crippen LogP contribution in [-0.4, -0.2) is 24.5 Å². The van der Waals surface area contributed by atoms with E-state index in [4.69, 9.17) is 14.6 Å². The van der Waals surface area contributed by atoms with Gasteiger partial charge in [0.15, 0.2) is 0 Å². The molecule has 5 heteroatoms. The summed E-state index contributed by atoms with van der Waals surface area (Å²) in [5.74, 6) is 0.262. The van der Waals surface area contributed by atoms with Gasteiger partial charge < -0.3 is 14.6 Å². The van der Waals surface area contributed by atoms with Crippen LogP contribution >= 0.6 is 9.24 Å². The van der Waals surface area contributed by atoms with Crippen molar-refractivity contribution in [3.63, 3.8) is 0 Å². The predicted octanol–water partition coefficient (Wildman–Crippen LogP) is 2.76. The Morgan fingerprint density at radius 2 is 2.11 bits per heavy atom. The topological polar surface area (TPSA) is 55.8 Å². The highest BCUT2D eigenvalue weighted by molar-refractivity contribution is 7.16. The molecular weight excluding hydrogens is 251 g/mol. The number of benzene rings is 2. The molecule has 94 valence electrons. The minimum atomic E-state index is -0.978. The summed E-state index contributed by atoms with van der Waals surface area (Å²) in [5.41, 5.74) is 0.198. The molecule has 0 bridgehead atoms. The Morgan fingerprint density at radius 1 is 1.33 bits per heavy atom. The summed E-state index contributed by atoms with van der Waals surface area (Å²) >= 11 is 0. The van der Waals surface area contributed by atoms with Crippen LogP contribution < -0.4 is 9.47 Å². The van der Waals surface area contributed by atoms with Crippen molar-refractivity contribution < 1.29 is 19.4 Å². The van der Waals surface area contributed by atoms with E-state index in [1.54, 1.807) is 19.2 Å². The van der Waals surface area contributed by atoms with Crippen LogP contribution in [0.3, 0.4) is 0 Å². The molecule has 2 aromatic rings. The molecule has 2 aromatic carbocycles. The largest absolute Gasteiger partial charge is 0.497 e. The van der Waals surface area contributed by atoms with Crippen LogP contribution in [0, 0.1) is 0 Å². The van der Waals surface area contributed by atoms with E-state index < -0.39 is 5.97 Å². The van der Waals surface area contributed by atoms with E-state index in [-0.39, 0.29) is 5.56 Å². The first-order valence-electron chi connectivity index (χ1n) is 5.33. The van der Waals surface area contributed by atoms with E-state index in [1.807, 2.05) is 12.1 Å². The quantitative estimate of drug-likeness (QED) is 0.863. The predicted molar refractivity (Wildman–Crippen MR) is 72.7 cm³/mol. The Morgan fingerprint density at radius 3 is 2.72 bits per heavy atom. The van der Waals surface area contributed by atoms with Gasteiger partial charge in [0.2, 0.25) is 0 Å². The molecular formula is C13H13O4P. The molecule has 0 aromatic heterocycles. The van der Waals surface area contributed by atoms with Gasteiger partial charge in [0.25, 0.3) is 0 Å². The van der Waals surface area contributed by atoms with E-state index in [9.17, 15) is 4.79 Å². The van der Waals surface area contributed by atoms with Crippen LogP contribution in [0.25, 0.3) is 10.8 Å². The first kappa shape index (κ1) is 12.7. The molecule has 0 saturated carbocycles. The van der Waals surface area contributed by atoms with Crippen LogP contribution in [0.4, 0.5) is 0 Å². The first-order valence-corrected chi connectivity index (χ1v) is 6.15. The molecule has 1 atom stereocenters. The fourth-order valence-electron chi connectivity index (χ4n) is 1.77. The number of aromatic carboxylic acids is 1. The highest BCUT2D eigenvalue weighted by Gasteiger charge is 2.10. The van der Waals surface area contributed by atoms with Crippen LogP contribution in [0.2, 0.25) is 0 Å². The number of hydrogen-bond donors (Lipinski definition) is 1. The molecule has 0 amide bonds. The lowest BCUT2D eigenvalue weighted by Crippen LogP contribution is -1.99. The summed E-state index contributed by atoms with van der Waals surface area (Å²) in [6.07, 6.45) is 0.407. The van der Waals surface area contributed by atoms with Crippen molar-refractivity contribution in [3.05, 3.63) is 35.9 Å². The second-order valence-corrected chi connectivity index (χ2v) is 4.01. The maximum atomic E-state index is 11.1. The Hall–Kier alpha value is -1.80. The fourth-order valence-corrected chi connectivity index (χ4v) is 1.95. The molecule has 1 unspecified atom stereocenters. The van der Waals surface area contributed by atoms with Gasteiger partial charge in [-0.05, 0) is 35.7 Å². The highest BCUT2D eigenvalue weighted by atomic mass is 31.0. The molecule has 0 aliphatic heterocycles. The van der Waals surface area contributed by atoms with Gasteiger partial charge >= 0.3 is 5.97 Å². The van der Waals surface area contributed by atoms with Crippen LogP contribution in [-0.2, 0) is 0 Å². The van der Waals surface area contributed by atoms with Crippen molar-refractivity contribution in [2.24, 2.45) is 0 Å². The smallest absolute Gasteiger partial charge is 0.335 e. The zero-order chi connectivity index (χ0) is 13.1. The third-order valence-corrected chi connectivity index (χ3v) is 2.77. The summed E-state index contributed by atoms with van der Waals surface area (Å²) in [6, 6.07) is 8.60. The SMILES string of the molecule is COc1ccc2c(OCP)cc(C(=O)O)cc2c1. The summed E-state index contributed by atoms with van der Waals surface area (Å²) in [6.45, 7) is 0. The third-order valence-electron chi connectivity index (χ3n) is 2.61. The zero-order valence-electron chi connectivity index (χ0n) is 9.84. The number of fused-ring (bicyclic) bond motifs is 1. The van der Waals surface area contributed by atoms with Crippen molar-refractivity contribution in [2.75, 3.05) is 13.5 Å². The molecule has 0 fully saturated rings. The minimum absolute atomic E-state index is 0.198. The second-order valence-electron chi connectivity index (χ2n) is 3.68. The van der Waals surface area contributed by atoms with Gasteiger partial charge in [-0.1, -0.05) is 9.24 Å². The van der Waals surface area contributed by atoms with Gasteiger partial charge in [-0.25, -0.2) is 4.79 Å². The first-order chi connectivity index (χ1) is 8.65. The maximum Gasteiger partial charge on any atom is 0.335 e. The molecule has 4 nitrogen and oxygen atoms in total. The number of rotatable bonds is 4. The monoisotopic (exact) mass is 264 g/mol. The van der Waals surface area contributed by atoms with E-state index >= 15 is 0 Å². The van der Waals surface area contributed by atoms with Gasteiger partial charge in [-0.3, -0.25) is 0 Å². The van der Waals surface area contributed by atoms with Crippen molar-refractivity contribution in [3.8, 4) is 11.5 Å². The lowest BCUT2D eigenvalue weighted by atomic mass is 10.1. The summed E-state index contributed by atoms with van der Waals surface area (Å²) in [4.78, 5) is 11.1. The van der Waals surface area contributed by atoms with Crippen molar-refractivity contribution in [1.29, 1.82) is 0 Å². The summed E-state index contributed by atoms with van der Waals surface area (Å²) in [7, 11) is 4.01. The molecule has 2 rings (SSSR count). The van der Waals surface area contributed by atoms with Crippen LogP contribution in [0.15, 0.2) is 30.3 Å². The average Bonchev–Trinajstić information content (AvgIpc) is 2.38. The van der Waals surface area contributed by atoms with Crippen LogP contribution in [0.5, 0.6) is 11.5 Å². The Balaban J connectivity index is 2.68. The number of carbonyl (C=O) groups is 1. The van der Waals surface area contributed by atoms with Crippen molar-refractivity contribution in [2.45, 2.75) is 0 Å². The second kappa shape index (κ2) is 5.23. The number of ether oxygens (including phenoxy) is 2. The van der Waals surface area contributed by atoms with Gasteiger partial charge in [0, 0.05) is 5.39 Å². The Bertz CT molecular complexity index is 595. The Labute approximate surface area is 107 Å². The van der Waals surface area contributed by atoms with Crippen LogP contribution in [0.1, 0.15) is 10.4 Å². The lowest BCUT2D eigenvalue weighted by Gasteiger charge is -2.10. The molecule has 0 heterocycles. The van der Waals surface area contributed by atoms with E-state index in [1.165, 1.54) is 6.07 Å². The minimum Gasteiger partial charge on any atom is -0.497 e. The molecule has 18 heavy (non-hydrogen) atoms. The zero-order valence-corrected chi connectivity index (χ0v) is 11.0. The number of carboxylic acid groups (broad SMARTS) is 1. The van der Waals surface area contributed by atoms with Gasteiger partial charge in [0.05, 0.1) is 12.7 Å².